The number of nitrogens with zero attached hydrogens (tertiary/aromatic N) is 1. The molecule has 2 rings (SSSR count). The highest BCUT2D eigenvalue weighted by atomic mass is 32.2. The molecule has 1 aliphatic rings. The van der Waals surface area contributed by atoms with E-state index in [0.29, 0.717) is 31.6 Å². The number of nitrogens with one attached hydrogen (secondary N) is 1. The van der Waals surface area contributed by atoms with Crippen molar-refractivity contribution in [3.63, 3.8) is 0 Å². The van der Waals surface area contributed by atoms with Crippen molar-refractivity contribution in [1.82, 2.24) is 4.31 Å². The highest BCUT2D eigenvalue weighted by Crippen LogP contribution is 2.22. The van der Waals surface area contributed by atoms with Crippen LogP contribution >= 0.6 is 0 Å². The summed E-state index contributed by atoms with van der Waals surface area (Å²) in [6.45, 7) is 0.822. The standard InChI is InChI=1S/C13H18F2N2O4S2/c1-22(18,19)17-8-6-11(7-9-17)16-10-2-4-12(5-3-10)23(20,21)13(14)15/h2-5,11,13,16H,6-9H2,1H3. The molecule has 0 unspecified atom stereocenters. The molecule has 0 saturated carbocycles. The third kappa shape index (κ3) is 4.39. The average molecular weight is 368 g/mol. The maximum atomic E-state index is 12.4. The second kappa shape index (κ2) is 6.70. The van der Waals surface area contributed by atoms with Crippen LogP contribution in [0.5, 0.6) is 0 Å². The zero-order chi connectivity index (χ0) is 17.3. The molecule has 23 heavy (non-hydrogen) atoms. The molecule has 0 amide bonds. The fourth-order valence-electron chi connectivity index (χ4n) is 2.41. The van der Waals surface area contributed by atoms with E-state index in [2.05, 4.69) is 5.32 Å². The minimum Gasteiger partial charge on any atom is -0.382 e. The number of hydrogen-bond acceptors (Lipinski definition) is 5. The molecule has 0 bridgehead atoms. The summed E-state index contributed by atoms with van der Waals surface area (Å²) in [4.78, 5) is -0.426. The fraction of sp³-hybridized carbons (Fsp3) is 0.538. The molecule has 0 aromatic heterocycles. The Morgan fingerprint density at radius 3 is 2.04 bits per heavy atom. The summed E-state index contributed by atoms with van der Waals surface area (Å²) in [5, 5.41) is 3.16. The highest BCUT2D eigenvalue weighted by molar-refractivity contribution is 7.91. The van der Waals surface area contributed by atoms with E-state index < -0.39 is 30.5 Å². The predicted molar refractivity (Wildman–Crippen MR) is 82.7 cm³/mol. The van der Waals surface area contributed by atoms with Crippen LogP contribution in [0.4, 0.5) is 14.5 Å². The Hall–Kier alpha value is -1.26. The van der Waals surface area contributed by atoms with E-state index in [9.17, 15) is 25.6 Å². The Kier molecular flexibility index (Phi) is 5.27. The first-order valence-corrected chi connectivity index (χ1v) is 10.3. The Morgan fingerprint density at radius 2 is 1.61 bits per heavy atom. The van der Waals surface area contributed by atoms with Gasteiger partial charge in [0.05, 0.1) is 11.2 Å². The zero-order valence-corrected chi connectivity index (χ0v) is 14.1. The van der Waals surface area contributed by atoms with E-state index in [0.717, 1.165) is 12.1 Å². The summed E-state index contributed by atoms with van der Waals surface area (Å²) < 4.78 is 71.8. The molecule has 0 spiro atoms. The van der Waals surface area contributed by atoms with Gasteiger partial charge in [0.25, 0.3) is 0 Å². The largest absolute Gasteiger partial charge is 0.382 e. The van der Waals surface area contributed by atoms with E-state index >= 15 is 0 Å². The molecule has 1 fully saturated rings. The average Bonchev–Trinajstić information content (AvgIpc) is 2.47. The van der Waals surface area contributed by atoms with Crippen molar-refractivity contribution in [3.05, 3.63) is 24.3 Å². The smallest absolute Gasteiger partial charge is 0.341 e. The molecule has 0 aliphatic carbocycles. The van der Waals surface area contributed by atoms with Gasteiger partial charge in [-0.25, -0.2) is 21.1 Å². The van der Waals surface area contributed by atoms with Gasteiger partial charge in [-0.05, 0) is 37.1 Å². The summed E-state index contributed by atoms with van der Waals surface area (Å²) >= 11 is 0. The molecule has 6 nitrogen and oxygen atoms in total. The zero-order valence-electron chi connectivity index (χ0n) is 12.4. The number of sulfone groups is 1. The number of benzene rings is 1. The SMILES string of the molecule is CS(=O)(=O)N1CCC(Nc2ccc(S(=O)(=O)C(F)F)cc2)CC1. The van der Waals surface area contributed by atoms with Gasteiger partial charge >= 0.3 is 5.76 Å². The summed E-state index contributed by atoms with van der Waals surface area (Å²) in [6, 6.07) is 5.17. The third-order valence-corrected chi connectivity index (χ3v) is 6.41. The maximum Gasteiger partial charge on any atom is 0.341 e. The van der Waals surface area contributed by atoms with Crippen LogP contribution in [0, 0.1) is 0 Å². The van der Waals surface area contributed by atoms with Gasteiger partial charge in [-0.1, -0.05) is 0 Å². The molecule has 1 saturated heterocycles. The number of hydrogen-bond donors (Lipinski definition) is 1. The summed E-state index contributed by atoms with van der Waals surface area (Å²) in [7, 11) is -7.77. The van der Waals surface area contributed by atoms with Crippen LogP contribution in [0.1, 0.15) is 12.8 Å². The summed E-state index contributed by atoms with van der Waals surface area (Å²) in [6.07, 6.45) is 2.40. The van der Waals surface area contributed by atoms with Crippen molar-refractivity contribution in [2.24, 2.45) is 0 Å². The van der Waals surface area contributed by atoms with Crippen LogP contribution in [0.3, 0.4) is 0 Å². The lowest BCUT2D eigenvalue weighted by Gasteiger charge is -2.31. The number of rotatable bonds is 5. The van der Waals surface area contributed by atoms with Crippen LogP contribution in [0.25, 0.3) is 0 Å². The molecular formula is C13H18F2N2O4S2. The van der Waals surface area contributed by atoms with Crippen LogP contribution in [-0.4, -0.2) is 52.3 Å². The summed E-state index contributed by atoms with van der Waals surface area (Å²) in [5.74, 6) is -3.44. The second-order valence-electron chi connectivity index (χ2n) is 5.41. The number of alkyl halides is 2. The van der Waals surface area contributed by atoms with Crippen LogP contribution in [0.15, 0.2) is 29.2 Å². The van der Waals surface area contributed by atoms with E-state index in [1.807, 2.05) is 0 Å². The van der Waals surface area contributed by atoms with Crippen LogP contribution in [-0.2, 0) is 19.9 Å². The van der Waals surface area contributed by atoms with E-state index in [1.165, 1.54) is 22.7 Å². The number of sulfonamides is 1. The second-order valence-corrected chi connectivity index (χ2v) is 9.31. The van der Waals surface area contributed by atoms with Gasteiger partial charge in [0.15, 0.2) is 0 Å². The van der Waals surface area contributed by atoms with E-state index in [1.54, 1.807) is 0 Å². The third-order valence-electron chi connectivity index (χ3n) is 3.71. The first-order chi connectivity index (χ1) is 10.6. The Balaban J connectivity index is 1.98. The fourth-order valence-corrected chi connectivity index (χ4v) is 4.01. The van der Waals surface area contributed by atoms with Crippen molar-refractivity contribution in [2.75, 3.05) is 24.7 Å². The summed E-state index contributed by atoms with van der Waals surface area (Å²) in [5.41, 5.74) is 0.607. The Morgan fingerprint density at radius 1 is 1.09 bits per heavy atom. The maximum absolute atomic E-state index is 12.4. The minimum atomic E-state index is -4.58. The van der Waals surface area contributed by atoms with Crippen molar-refractivity contribution in [2.45, 2.75) is 29.5 Å². The van der Waals surface area contributed by atoms with Gasteiger partial charge in [0.2, 0.25) is 19.9 Å². The topological polar surface area (TPSA) is 83.6 Å². The quantitative estimate of drug-likeness (QED) is 0.852. The van der Waals surface area contributed by atoms with Crippen molar-refractivity contribution in [1.29, 1.82) is 0 Å². The van der Waals surface area contributed by atoms with Gasteiger partial charge in [-0.2, -0.15) is 8.78 Å². The highest BCUT2D eigenvalue weighted by Gasteiger charge is 2.27. The Labute approximate surface area is 134 Å². The predicted octanol–water partition coefficient (Wildman–Crippen LogP) is 1.52. The molecule has 0 atom stereocenters. The number of halogens is 2. The van der Waals surface area contributed by atoms with Crippen molar-refractivity contribution in [3.8, 4) is 0 Å². The number of piperidine rings is 1. The minimum absolute atomic E-state index is 0.0468. The van der Waals surface area contributed by atoms with Gasteiger partial charge in [0.1, 0.15) is 0 Å². The first kappa shape index (κ1) is 18.1. The van der Waals surface area contributed by atoms with Gasteiger partial charge in [-0.3, -0.25) is 0 Å². The van der Waals surface area contributed by atoms with Gasteiger partial charge in [0, 0.05) is 24.8 Å². The lowest BCUT2D eigenvalue weighted by Crippen LogP contribution is -2.41. The first-order valence-electron chi connectivity index (χ1n) is 6.94. The molecular weight excluding hydrogens is 350 g/mol. The lowest BCUT2D eigenvalue weighted by molar-refractivity contribution is 0.234. The van der Waals surface area contributed by atoms with Crippen LogP contribution < -0.4 is 5.32 Å². The molecule has 1 aromatic carbocycles. The molecule has 1 aliphatic heterocycles. The molecule has 0 radical (unpaired) electrons. The van der Waals surface area contributed by atoms with Gasteiger partial charge in [-0.15, -0.1) is 0 Å². The van der Waals surface area contributed by atoms with E-state index in [4.69, 9.17) is 0 Å². The van der Waals surface area contributed by atoms with Gasteiger partial charge < -0.3 is 5.32 Å². The van der Waals surface area contributed by atoms with Crippen molar-refractivity contribution < 1.29 is 25.6 Å². The molecule has 10 heteroatoms. The molecule has 1 N–H and O–H groups in total. The monoisotopic (exact) mass is 368 g/mol. The molecule has 130 valence electrons. The van der Waals surface area contributed by atoms with E-state index in [-0.39, 0.29) is 6.04 Å². The molecule has 1 heterocycles. The van der Waals surface area contributed by atoms with Crippen LogP contribution in [0.2, 0.25) is 0 Å². The Bertz CT molecular complexity index is 741. The lowest BCUT2D eigenvalue weighted by atomic mass is 10.1. The van der Waals surface area contributed by atoms with Crippen molar-refractivity contribution >= 4 is 25.5 Å². The normalized spacial score (nSPS) is 18.3. The molecule has 1 aromatic rings. The number of anilines is 1.